The second-order valence-electron chi connectivity index (χ2n) is 4.33. The number of fused-ring (bicyclic) bond motifs is 1. The first-order valence-corrected chi connectivity index (χ1v) is 6.95. The first kappa shape index (κ1) is 12.2. The molecule has 2 nitrogen and oxygen atoms in total. The van der Waals surface area contributed by atoms with Gasteiger partial charge < -0.3 is 5.32 Å². The van der Waals surface area contributed by atoms with Crippen LogP contribution in [0.4, 0.5) is 5.69 Å². The van der Waals surface area contributed by atoms with E-state index in [1.54, 1.807) is 0 Å². The summed E-state index contributed by atoms with van der Waals surface area (Å²) < 4.78 is 1.07. The summed E-state index contributed by atoms with van der Waals surface area (Å²) in [6.07, 6.45) is 0. The Morgan fingerprint density at radius 2 is 1.68 bits per heavy atom. The number of halogens is 1. The van der Waals surface area contributed by atoms with Crippen molar-refractivity contribution in [3.05, 3.63) is 70.8 Å². The molecule has 0 amide bonds. The van der Waals surface area contributed by atoms with Gasteiger partial charge in [0, 0.05) is 15.5 Å². The molecule has 2 aromatic carbocycles. The summed E-state index contributed by atoms with van der Waals surface area (Å²) in [6, 6.07) is 20.4. The zero-order chi connectivity index (χ0) is 13.1. The van der Waals surface area contributed by atoms with E-state index in [1.165, 1.54) is 5.39 Å². The van der Waals surface area contributed by atoms with Crippen molar-refractivity contribution in [2.24, 2.45) is 0 Å². The molecule has 0 fully saturated rings. The second kappa shape index (κ2) is 5.41. The molecular formula is C16H13BrN2. The number of anilines is 1. The van der Waals surface area contributed by atoms with Gasteiger partial charge in [0.25, 0.3) is 0 Å². The smallest absolute Gasteiger partial charge is 0.0706 e. The van der Waals surface area contributed by atoms with E-state index in [4.69, 9.17) is 0 Å². The van der Waals surface area contributed by atoms with Gasteiger partial charge in [-0.05, 0) is 40.2 Å². The van der Waals surface area contributed by atoms with E-state index >= 15 is 0 Å². The molecule has 94 valence electrons. The Morgan fingerprint density at radius 3 is 2.58 bits per heavy atom. The predicted molar refractivity (Wildman–Crippen MR) is 83.2 cm³/mol. The summed E-state index contributed by atoms with van der Waals surface area (Å²) in [5.74, 6) is 0. The standard InChI is InChI=1S/C16H13BrN2/c17-14-6-2-4-8-16(14)18-11-13-10-9-12-5-1-3-7-15(12)19-13/h1-10,18H,11H2. The largest absolute Gasteiger partial charge is 0.378 e. The summed E-state index contributed by atoms with van der Waals surface area (Å²) in [6.45, 7) is 0.716. The molecule has 0 radical (unpaired) electrons. The fourth-order valence-electron chi connectivity index (χ4n) is 2.00. The second-order valence-corrected chi connectivity index (χ2v) is 5.18. The average Bonchev–Trinajstić information content (AvgIpc) is 2.46. The molecule has 0 saturated carbocycles. The third-order valence-corrected chi connectivity index (χ3v) is 3.68. The molecule has 1 N–H and O–H groups in total. The van der Waals surface area contributed by atoms with Gasteiger partial charge in [-0.2, -0.15) is 0 Å². The van der Waals surface area contributed by atoms with Gasteiger partial charge >= 0.3 is 0 Å². The van der Waals surface area contributed by atoms with Crippen molar-refractivity contribution in [3.63, 3.8) is 0 Å². The monoisotopic (exact) mass is 312 g/mol. The van der Waals surface area contributed by atoms with Crippen molar-refractivity contribution < 1.29 is 0 Å². The molecule has 0 atom stereocenters. The Balaban J connectivity index is 1.80. The number of nitrogens with one attached hydrogen (secondary N) is 1. The lowest BCUT2D eigenvalue weighted by Crippen LogP contribution is -2.02. The number of pyridine rings is 1. The van der Waals surface area contributed by atoms with Crippen LogP contribution in [0.2, 0.25) is 0 Å². The zero-order valence-corrected chi connectivity index (χ0v) is 11.9. The van der Waals surface area contributed by atoms with E-state index < -0.39 is 0 Å². The van der Waals surface area contributed by atoms with Crippen molar-refractivity contribution >= 4 is 32.5 Å². The quantitative estimate of drug-likeness (QED) is 0.764. The van der Waals surface area contributed by atoms with Gasteiger partial charge in [0.1, 0.15) is 0 Å². The number of para-hydroxylation sites is 2. The summed E-state index contributed by atoms with van der Waals surface area (Å²) in [5, 5.41) is 4.56. The third-order valence-electron chi connectivity index (χ3n) is 2.99. The number of hydrogen-bond acceptors (Lipinski definition) is 2. The number of rotatable bonds is 3. The molecule has 0 aliphatic rings. The highest BCUT2D eigenvalue weighted by Gasteiger charge is 2.00. The third kappa shape index (κ3) is 2.76. The molecule has 3 rings (SSSR count). The highest BCUT2D eigenvalue weighted by atomic mass is 79.9. The molecule has 1 aromatic heterocycles. The highest BCUT2D eigenvalue weighted by Crippen LogP contribution is 2.22. The Morgan fingerprint density at radius 1 is 0.895 bits per heavy atom. The lowest BCUT2D eigenvalue weighted by atomic mass is 10.2. The Labute approximate surface area is 120 Å². The first-order valence-electron chi connectivity index (χ1n) is 6.16. The number of aromatic nitrogens is 1. The molecule has 3 aromatic rings. The summed E-state index contributed by atoms with van der Waals surface area (Å²) in [5.41, 5.74) is 3.15. The van der Waals surface area contributed by atoms with Crippen LogP contribution >= 0.6 is 15.9 Å². The fourth-order valence-corrected chi connectivity index (χ4v) is 2.42. The number of benzene rings is 2. The van der Waals surface area contributed by atoms with Gasteiger partial charge in [-0.3, -0.25) is 4.98 Å². The normalized spacial score (nSPS) is 10.6. The zero-order valence-electron chi connectivity index (χ0n) is 10.3. The van der Waals surface area contributed by atoms with Crippen LogP contribution in [-0.2, 0) is 6.54 Å². The number of nitrogens with zero attached hydrogens (tertiary/aromatic N) is 1. The van der Waals surface area contributed by atoms with Gasteiger partial charge in [0.15, 0.2) is 0 Å². The molecule has 0 unspecified atom stereocenters. The van der Waals surface area contributed by atoms with Crippen molar-refractivity contribution in [2.45, 2.75) is 6.54 Å². The minimum absolute atomic E-state index is 0.716. The summed E-state index contributed by atoms with van der Waals surface area (Å²) >= 11 is 3.53. The molecule has 19 heavy (non-hydrogen) atoms. The van der Waals surface area contributed by atoms with E-state index in [1.807, 2.05) is 42.5 Å². The van der Waals surface area contributed by atoms with Crippen molar-refractivity contribution in [1.29, 1.82) is 0 Å². The minimum Gasteiger partial charge on any atom is -0.378 e. The molecule has 0 spiro atoms. The maximum atomic E-state index is 4.64. The molecule has 0 aliphatic carbocycles. The number of hydrogen-bond donors (Lipinski definition) is 1. The average molecular weight is 313 g/mol. The van der Waals surface area contributed by atoms with Gasteiger partial charge in [-0.15, -0.1) is 0 Å². The van der Waals surface area contributed by atoms with Crippen molar-refractivity contribution in [2.75, 3.05) is 5.32 Å². The SMILES string of the molecule is Brc1ccccc1NCc1ccc2ccccc2n1. The summed E-state index contributed by atoms with van der Waals surface area (Å²) in [7, 11) is 0. The van der Waals surface area contributed by atoms with Crippen LogP contribution in [0.1, 0.15) is 5.69 Å². The fraction of sp³-hybridized carbons (Fsp3) is 0.0625. The van der Waals surface area contributed by atoms with Crippen LogP contribution in [-0.4, -0.2) is 4.98 Å². The lowest BCUT2D eigenvalue weighted by molar-refractivity contribution is 1.07. The molecule has 0 bridgehead atoms. The Bertz CT molecular complexity index is 710. The first-order chi connectivity index (χ1) is 9.33. The molecule has 0 saturated heterocycles. The predicted octanol–water partition coefficient (Wildman–Crippen LogP) is 4.61. The van der Waals surface area contributed by atoms with Gasteiger partial charge in [-0.1, -0.05) is 36.4 Å². The summed E-state index contributed by atoms with van der Waals surface area (Å²) in [4.78, 5) is 4.64. The van der Waals surface area contributed by atoms with Crippen LogP contribution in [0.5, 0.6) is 0 Å². The molecule has 0 aliphatic heterocycles. The van der Waals surface area contributed by atoms with Crippen LogP contribution in [0, 0.1) is 0 Å². The highest BCUT2D eigenvalue weighted by molar-refractivity contribution is 9.10. The lowest BCUT2D eigenvalue weighted by Gasteiger charge is -2.08. The molecule has 1 heterocycles. The van der Waals surface area contributed by atoms with Crippen molar-refractivity contribution in [3.8, 4) is 0 Å². The Hall–Kier alpha value is -1.87. The van der Waals surface area contributed by atoms with E-state index in [-0.39, 0.29) is 0 Å². The van der Waals surface area contributed by atoms with Gasteiger partial charge in [0.05, 0.1) is 17.8 Å². The van der Waals surface area contributed by atoms with Crippen LogP contribution in [0.25, 0.3) is 10.9 Å². The maximum Gasteiger partial charge on any atom is 0.0706 e. The van der Waals surface area contributed by atoms with Gasteiger partial charge in [-0.25, -0.2) is 0 Å². The van der Waals surface area contributed by atoms with Crippen LogP contribution < -0.4 is 5.32 Å². The Kier molecular flexibility index (Phi) is 3.47. The van der Waals surface area contributed by atoms with Gasteiger partial charge in [0.2, 0.25) is 0 Å². The van der Waals surface area contributed by atoms with E-state index in [9.17, 15) is 0 Å². The molecule has 3 heteroatoms. The van der Waals surface area contributed by atoms with Crippen LogP contribution in [0.15, 0.2) is 65.1 Å². The van der Waals surface area contributed by atoms with Crippen molar-refractivity contribution in [1.82, 2.24) is 4.98 Å². The van der Waals surface area contributed by atoms with E-state index in [0.29, 0.717) is 6.54 Å². The maximum absolute atomic E-state index is 4.64. The topological polar surface area (TPSA) is 24.9 Å². The molecular weight excluding hydrogens is 300 g/mol. The van der Waals surface area contributed by atoms with E-state index in [0.717, 1.165) is 21.4 Å². The minimum atomic E-state index is 0.716. The van der Waals surface area contributed by atoms with Crippen LogP contribution in [0.3, 0.4) is 0 Å². The van der Waals surface area contributed by atoms with E-state index in [2.05, 4.69) is 44.4 Å².